The first-order chi connectivity index (χ1) is 22.1. The van der Waals surface area contributed by atoms with Crippen LogP contribution in [0.5, 0.6) is 0 Å². The van der Waals surface area contributed by atoms with Crippen LogP contribution in [0.2, 0.25) is 126 Å². The largest absolute Gasteiger partial charge is 0.481 e. The van der Waals surface area contributed by atoms with Gasteiger partial charge in [0.2, 0.25) is 0 Å². The van der Waals surface area contributed by atoms with Crippen molar-refractivity contribution in [3.63, 3.8) is 0 Å². The van der Waals surface area contributed by atoms with Crippen LogP contribution in [0.15, 0.2) is 0 Å². The molecule has 50 heavy (non-hydrogen) atoms. The summed E-state index contributed by atoms with van der Waals surface area (Å²) in [5, 5.41) is 22.7. The summed E-state index contributed by atoms with van der Waals surface area (Å²) in [6.07, 6.45) is 0.963. The van der Waals surface area contributed by atoms with Gasteiger partial charge >= 0.3 is 11.9 Å². The van der Waals surface area contributed by atoms with Crippen molar-refractivity contribution in [3.05, 3.63) is 0 Å². The molecule has 0 saturated heterocycles. The molecule has 0 aromatic heterocycles. The molecule has 2 N–H and O–H groups in total. The first kappa shape index (κ1) is 49.3. The fourth-order valence-electron chi connectivity index (χ4n) is 6.38. The van der Waals surface area contributed by atoms with E-state index in [-0.39, 0.29) is 0 Å². The summed E-state index contributed by atoms with van der Waals surface area (Å²) < 4.78 is 41.1. The average Bonchev–Trinajstić information content (AvgIpc) is 2.89. The number of rotatable bonds is 22. The van der Waals surface area contributed by atoms with Crippen LogP contribution in [0.4, 0.5) is 0 Å². The molecule has 1 fully saturated rings. The van der Waals surface area contributed by atoms with Crippen LogP contribution in [0.25, 0.3) is 0 Å². The Hall–Kier alpha value is 1.30. The van der Waals surface area contributed by atoms with Crippen molar-refractivity contribution in [2.75, 3.05) is 0 Å². The van der Waals surface area contributed by atoms with Crippen LogP contribution in [0, 0.1) is 17.3 Å². The van der Waals surface area contributed by atoms with Gasteiger partial charge in [-0.2, -0.15) is 0 Å². The zero-order chi connectivity index (χ0) is 39.4. The van der Waals surface area contributed by atoms with Crippen molar-refractivity contribution in [2.24, 2.45) is 17.3 Å². The molecule has 1 rings (SSSR count). The van der Waals surface area contributed by atoms with Crippen molar-refractivity contribution in [1.29, 1.82) is 0 Å². The number of carboxylic acid groups (broad SMARTS) is 2. The van der Waals surface area contributed by atoms with E-state index in [9.17, 15) is 19.8 Å². The topological polar surface area (TPSA) is 130 Å². The van der Waals surface area contributed by atoms with E-state index in [1.54, 1.807) is 0 Å². The van der Waals surface area contributed by atoms with Gasteiger partial charge in [-0.25, -0.2) is 0 Å². The van der Waals surface area contributed by atoms with Gasteiger partial charge in [-0.1, -0.05) is 0 Å². The first-order valence-corrected chi connectivity index (χ1v) is 46.5. The van der Waals surface area contributed by atoms with E-state index < -0.39 is 146 Å². The minimum atomic E-state index is -2.07. The molecule has 1 aliphatic rings. The SMILES string of the molecule is C[Si](C)(C)O[SiH2]C([SiH2]O[Si](C)(C)C)([SiH2]O[Si](C)(C)C)C1CC(C(=O)O)CCC1(C(=O)O)C([SiH2]O[Si](C)(C)C)([SiH2]O[Si](C)(C)C)[SiH2]O[Si](C)(C)C. The van der Waals surface area contributed by atoms with E-state index in [1.165, 1.54) is 0 Å². The zero-order valence-corrected chi connectivity index (χ0v) is 49.7. The summed E-state index contributed by atoms with van der Waals surface area (Å²) in [6.45, 7) is 39.6. The third kappa shape index (κ3) is 16.2. The average molecular weight is 910 g/mol. The second-order valence-corrected chi connectivity index (χ2v) is 69.0. The predicted octanol–water partition coefficient (Wildman–Crippen LogP) is 3.32. The van der Waals surface area contributed by atoms with E-state index >= 15 is 0 Å². The first-order valence-electron chi connectivity index (χ1n) is 18.4. The zero-order valence-electron chi connectivity index (χ0n) is 35.2. The number of carboxylic acids is 2. The molecule has 1 saturated carbocycles. The van der Waals surface area contributed by atoms with Crippen molar-refractivity contribution >= 4 is 120 Å². The lowest BCUT2D eigenvalue weighted by molar-refractivity contribution is -0.161. The van der Waals surface area contributed by atoms with Crippen LogP contribution in [0.1, 0.15) is 19.3 Å². The number of hydrogen-bond donors (Lipinski definition) is 2. The molecule has 296 valence electrons. The highest BCUT2D eigenvalue weighted by Gasteiger charge is 2.69. The van der Waals surface area contributed by atoms with Gasteiger partial charge in [0, 0.05) is 8.57 Å². The fourth-order valence-corrected chi connectivity index (χ4v) is 41.2. The Morgan fingerprint density at radius 3 is 1.06 bits per heavy atom. The fraction of sp³-hybridized carbons (Fsp3) is 0.929. The van der Waals surface area contributed by atoms with E-state index in [1.807, 2.05) is 0 Å². The standard InChI is InChI=1S/C28H76O10Si12/c1-45(2,3)33-39-27(40-34-46(4,5)6,41-35-47(7,8)9)23-21-22(24(29)30)19-20-26(23,25(31)32)28(42-36-48(10,11)12,43-37-49(13,14)15)44-38-50(16,17)18/h22-23H,19-21,39-44H2,1-18H3,(H,29,30)(H,31,32). The maximum atomic E-state index is 14.8. The van der Waals surface area contributed by atoms with Gasteiger partial charge in [0.05, 0.1) is 11.3 Å². The molecule has 10 nitrogen and oxygen atoms in total. The van der Waals surface area contributed by atoms with Crippen LogP contribution in [0.3, 0.4) is 0 Å². The second kappa shape index (κ2) is 18.1. The molecule has 3 unspecified atom stereocenters. The van der Waals surface area contributed by atoms with E-state index in [0.717, 1.165) is 0 Å². The molecule has 0 bridgehead atoms. The molecule has 22 heteroatoms. The van der Waals surface area contributed by atoms with E-state index in [0.29, 0.717) is 19.3 Å². The Bertz CT molecular complexity index is 1030. The van der Waals surface area contributed by atoms with Crippen LogP contribution < -0.4 is 0 Å². The Morgan fingerprint density at radius 2 is 0.820 bits per heavy atom. The highest BCUT2D eigenvalue weighted by atomic mass is 28.4. The molecular weight excluding hydrogens is 833 g/mol. The minimum absolute atomic E-state index is 0.307. The monoisotopic (exact) mass is 908 g/mol. The number of aliphatic carboxylic acids is 2. The number of hydrogen-bond acceptors (Lipinski definition) is 8. The van der Waals surface area contributed by atoms with E-state index in [2.05, 4.69) is 118 Å². The molecule has 0 heterocycles. The van der Waals surface area contributed by atoms with Gasteiger partial charge in [-0.3, -0.25) is 9.59 Å². The molecule has 1 aliphatic carbocycles. The molecular formula is C28H76O10Si12. The summed E-state index contributed by atoms with van der Waals surface area (Å²) in [6, 6.07) is 0. The highest BCUT2D eigenvalue weighted by molar-refractivity contribution is 6.88. The Morgan fingerprint density at radius 1 is 0.540 bits per heavy atom. The van der Waals surface area contributed by atoms with Crippen molar-refractivity contribution in [2.45, 2.75) is 146 Å². The Labute approximate surface area is 325 Å². The predicted molar refractivity (Wildman–Crippen MR) is 242 cm³/mol. The van der Waals surface area contributed by atoms with Gasteiger partial charge in [0.25, 0.3) is 0 Å². The lowest BCUT2D eigenvalue weighted by atomic mass is 9.63. The molecule has 0 radical (unpaired) electrons. The van der Waals surface area contributed by atoms with Gasteiger partial charge in [-0.15, -0.1) is 0 Å². The molecule has 0 aromatic carbocycles. The molecule has 0 aromatic rings. The second-order valence-electron chi connectivity index (χ2n) is 20.7. The van der Waals surface area contributed by atoms with Crippen molar-refractivity contribution in [1.82, 2.24) is 0 Å². The van der Waals surface area contributed by atoms with E-state index in [4.69, 9.17) is 24.7 Å². The maximum absolute atomic E-state index is 14.8. The summed E-state index contributed by atoms with van der Waals surface area (Å²) in [5.41, 5.74) is -1.22. The number of carbonyl (C=O) groups is 2. The van der Waals surface area contributed by atoms with Gasteiger partial charge in [0.15, 0.2) is 108 Å². The summed E-state index contributed by atoms with van der Waals surface area (Å²) in [7, 11) is -21.1. The van der Waals surface area contributed by atoms with Gasteiger partial charge in [0.1, 0.15) is 0 Å². The quantitative estimate of drug-likeness (QED) is 0.156. The third-order valence-electron chi connectivity index (χ3n) is 9.14. The van der Waals surface area contributed by atoms with Crippen LogP contribution >= 0.6 is 0 Å². The molecule has 0 amide bonds. The lowest BCUT2D eigenvalue weighted by Crippen LogP contribution is -2.66. The minimum Gasteiger partial charge on any atom is -0.481 e. The van der Waals surface area contributed by atoms with Gasteiger partial charge < -0.3 is 34.9 Å². The summed E-state index contributed by atoms with van der Waals surface area (Å²) >= 11 is 0. The summed E-state index contributed by atoms with van der Waals surface area (Å²) in [5.74, 6) is -2.68. The van der Waals surface area contributed by atoms with Crippen LogP contribution in [-0.2, 0) is 34.3 Å². The normalized spacial score (nSPS) is 25.5. The van der Waals surface area contributed by atoms with Crippen molar-refractivity contribution in [3.8, 4) is 0 Å². The van der Waals surface area contributed by atoms with Crippen LogP contribution in [-0.4, -0.2) is 131 Å². The molecule has 0 spiro atoms. The Balaban J connectivity index is 4.51. The third-order valence-corrected chi connectivity index (χ3v) is 47.5. The van der Waals surface area contributed by atoms with Crippen molar-refractivity contribution < 1.29 is 44.5 Å². The lowest BCUT2D eigenvalue weighted by Gasteiger charge is -2.60. The Kier molecular flexibility index (Phi) is 17.8. The highest BCUT2D eigenvalue weighted by Crippen LogP contribution is 2.64. The molecule has 0 aliphatic heterocycles. The smallest absolute Gasteiger partial charge is 0.309 e. The molecule has 3 atom stereocenters. The maximum Gasteiger partial charge on any atom is 0.309 e. The van der Waals surface area contributed by atoms with Gasteiger partial charge in [-0.05, 0) is 143 Å². The summed E-state index contributed by atoms with van der Waals surface area (Å²) in [4.78, 5) is 27.7.